The van der Waals surface area contributed by atoms with Gasteiger partial charge < -0.3 is 20.1 Å². The van der Waals surface area contributed by atoms with Gasteiger partial charge in [-0.15, -0.1) is 0 Å². The fraction of sp³-hybridized carbons (Fsp3) is 0.346. The summed E-state index contributed by atoms with van der Waals surface area (Å²) in [5, 5.41) is 5.81. The fourth-order valence-corrected chi connectivity index (χ4v) is 4.67. The molecule has 0 saturated heterocycles. The number of rotatable bonds is 7. The van der Waals surface area contributed by atoms with Crippen molar-refractivity contribution in [1.82, 2.24) is 30.1 Å². The summed E-state index contributed by atoms with van der Waals surface area (Å²) >= 11 is 0. The molecule has 2 aromatic heterocycles. The van der Waals surface area contributed by atoms with Crippen LogP contribution in [-0.2, 0) is 24.4 Å². The number of nitrogens with zero attached hydrogens (tertiary/aromatic N) is 4. The number of imidazole rings is 1. The normalized spacial score (nSPS) is 19.3. The van der Waals surface area contributed by atoms with Crippen molar-refractivity contribution in [3.63, 3.8) is 0 Å². The molecule has 1 saturated carbocycles. The maximum atomic E-state index is 13.7. The second-order valence-corrected chi connectivity index (χ2v) is 9.43. The van der Waals surface area contributed by atoms with E-state index < -0.39 is 11.4 Å². The molecule has 3 aromatic rings. The molecule has 1 aliphatic heterocycles. The Kier molecular flexibility index (Phi) is 5.84. The van der Waals surface area contributed by atoms with E-state index in [2.05, 4.69) is 20.6 Å². The topological polar surface area (TPSA) is 109 Å². The Morgan fingerprint density at radius 3 is 2.63 bits per heavy atom. The van der Waals surface area contributed by atoms with Gasteiger partial charge in [0.2, 0.25) is 5.91 Å². The highest BCUT2D eigenvalue weighted by Gasteiger charge is 2.53. The minimum atomic E-state index is -1.09. The maximum absolute atomic E-state index is 13.7. The summed E-state index contributed by atoms with van der Waals surface area (Å²) in [4.78, 5) is 50.2. The van der Waals surface area contributed by atoms with Gasteiger partial charge in [0, 0.05) is 18.8 Å². The van der Waals surface area contributed by atoms with Gasteiger partial charge in [-0.25, -0.2) is 4.98 Å². The fourth-order valence-electron chi connectivity index (χ4n) is 4.67. The number of benzene rings is 1. The molecule has 3 amide bonds. The van der Waals surface area contributed by atoms with E-state index in [0.29, 0.717) is 12.2 Å². The van der Waals surface area contributed by atoms with Gasteiger partial charge in [-0.2, -0.15) is 0 Å². The number of fused-ring (bicyclic) bond motifs is 1. The van der Waals surface area contributed by atoms with Crippen LogP contribution in [0.4, 0.5) is 0 Å². The van der Waals surface area contributed by atoms with Crippen LogP contribution in [-0.4, -0.2) is 48.7 Å². The lowest BCUT2D eigenvalue weighted by Crippen LogP contribution is -2.64. The summed E-state index contributed by atoms with van der Waals surface area (Å²) in [6.07, 6.45) is 4.80. The molecule has 1 aromatic carbocycles. The number of aryl methyl sites for hydroxylation is 1. The SMILES string of the molecule is Cc1cccc(CNC(=O)C2(C)Cn3cnc(C(=O)NCc4ccccn4)c3C(=O)N2C2CC2)c1. The third-order valence-electron chi connectivity index (χ3n) is 6.58. The molecular formula is C26H28N6O3. The highest BCUT2D eigenvalue weighted by molar-refractivity contribution is 6.07. The van der Waals surface area contributed by atoms with Crippen LogP contribution in [0.15, 0.2) is 55.0 Å². The number of carbonyl (C=O) groups excluding carboxylic acids is 3. The molecule has 9 nitrogen and oxygen atoms in total. The lowest BCUT2D eigenvalue weighted by atomic mass is 9.93. The Hall–Kier alpha value is -4.01. The average molecular weight is 473 g/mol. The van der Waals surface area contributed by atoms with E-state index in [0.717, 1.165) is 24.0 Å². The number of nitrogens with one attached hydrogen (secondary N) is 2. The molecule has 9 heteroatoms. The van der Waals surface area contributed by atoms with E-state index in [-0.39, 0.29) is 42.3 Å². The lowest BCUT2D eigenvalue weighted by Gasteiger charge is -2.44. The standard InChI is InChI=1S/C26H28N6O3/c1-17-6-5-7-18(12-17)13-29-25(35)26(2)15-31-16-30-21(22(31)24(34)32(26)20-9-10-20)23(33)28-14-19-8-3-4-11-27-19/h3-8,11-12,16,20H,9-10,13-15H2,1-2H3,(H,28,33)(H,29,35). The zero-order chi connectivity index (χ0) is 24.6. The minimum absolute atomic E-state index is 0.0229. The molecule has 35 heavy (non-hydrogen) atoms. The van der Waals surface area contributed by atoms with E-state index in [1.165, 1.54) is 6.33 Å². The first kappa shape index (κ1) is 22.8. The number of carbonyl (C=O) groups is 3. The number of pyridine rings is 1. The molecule has 2 N–H and O–H groups in total. The van der Waals surface area contributed by atoms with Crippen molar-refractivity contribution >= 4 is 17.7 Å². The Balaban J connectivity index is 1.37. The Labute approximate surface area is 203 Å². The van der Waals surface area contributed by atoms with Crippen LogP contribution in [0.5, 0.6) is 0 Å². The summed E-state index contributed by atoms with van der Waals surface area (Å²) in [7, 11) is 0. The molecular weight excluding hydrogens is 444 g/mol. The van der Waals surface area contributed by atoms with Crippen molar-refractivity contribution < 1.29 is 14.4 Å². The molecule has 1 atom stereocenters. The Morgan fingerprint density at radius 1 is 1.09 bits per heavy atom. The molecule has 0 bridgehead atoms. The van der Waals surface area contributed by atoms with Gasteiger partial charge in [0.1, 0.15) is 11.2 Å². The van der Waals surface area contributed by atoms with Crippen molar-refractivity contribution in [2.45, 2.75) is 57.9 Å². The van der Waals surface area contributed by atoms with Crippen molar-refractivity contribution in [2.24, 2.45) is 0 Å². The molecule has 1 fully saturated rings. The highest BCUT2D eigenvalue weighted by atomic mass is 16.2. The zero-order valence-corrected chi connectivity index (χ0v) is 19.8. The zero-order valence-electron chi connectivity index (χ0n) is 19.8. The average Bonchev–Trinajstić information content (AvgIpc) is 3.59. The number of hydrogen-bond donors (Lipinski definition) is 2. The summed E-state index contributed by atoms with van der Waals surface area (Å²) in [5.41, 5.74) is 2.03. The first-order valence-corrected chi connectivity index (χ1v) is 11.8. The van der Waals surface area contributed by atoms with Gasteiger partial charge in [0.05, 0.1) is 25.1 Å². The van der Waals surface area contributed by atoms with Gasteiger partial charge in [0.25, 0.3) is 11.8 Å². The summed E-state index contributed by atoms with van der Waals surface area (Å²) < 4.78 is 1.63. The highest BCUT2D eigenvalue weighted by Crippen LogP contribution is 2.38. The van der Waals surface area contributed by atoms with Crippen LogP contribution >= 0.6 is 0 Å². The van der Waals surface area contributed by atoms with E-state index in [4.69, 9.17) is 0 Å². The van der Waals surface area contributed by atoms with Gasteiger partial charge in [-0.3, -0.25) is 19.4 Å². The molecule has 0 spiro atoms. The maximum Gasteiger partial charge on any atom is 0.274 e. The van der Waals surface area contributed by atoms with Crippen LogP contribution < -0.4 is 10.6 Å². The second kappa shape index (κ2) is 8.98. The number of amides is 3. The predicted octanol–water partition coefficient (Wildman–Crippen LogP) is 2.21. The van der Waals surface area contributed by atoms with Crippen LogP contribution in [0, 0.1) is 6.92 Å². The molecule has 1 unspecified atom stereocenters. The van der Waals surface area contributed by atoms with Gasteiger partial charge >= 0.3 is 0 Å². The smallest absolute Gasteiger partial charge is 0.274 e. The number of aromatic nitrogens is 3. The molecule has 3 heterocycles. The van der Waals surface area contributed by atoms with E-state index >= 15 is 0 Å². The van der Waals surface area contributed by atoms with Crippen LogP contribution in [0.25, 0.3) is 0 Å². The Bertz CT molecular complexity index is 1280. The predicted molar refractivity (Wildman–Crippen MR) is 128 cm³/mol. The summed E-state index contributed by atoms with van der Waals surface area (Å²) in [5.74, 6) is -1.01. The van der Waals surface area contributed by atoms with Crippen molar-refractivity contribution in [3.05, 3.63) is 83.2 Å². The van der Waals surface area contributed by atoms with Crippen LogP contribution in [0.2, 0.25) is 0 Å². The summed E-state index contributed by atoms with van der Waals surface area (Å²) in [6.45, 7) is 4.63. The largest absolute Gasteiger partial charge is 0.350 e. The summed E-state index contributed by atoms with van der Waals surface area (Å²) in [6, 6.07) is 13.4. The van der Waals surface area contributed by atoms with Gasteiger partial charge in [0.15, 0.2) is 5.69 Å². The monoisotopic (exact) mass is 472 g/mol. The lowest BCUT2D eigenvalue weighted by molar-refractivity contribution is -0.133. The van der Waals surface area contributed by atoms with Crippen LogP contribution in [0.1, 0.15) is 57.6 Å². The first-order valence-electron chi connectivity index (χ1n) is 11.8. The van der Waals surface area contributed by atoms with Gasteiger partial charge in [-0.1, -0.05) is 35.9 Å². The van der Waals surface area contributed by atoms with E-state index in [1.54, 1.807) is 28.7 Å². The minimum Gasteiger partial charge on any atom is -0.350 e. The van der Waals surface area contributed by atoms with Crippen LogP contribution in [0.3, 0.4) is 0 Å². The molecule has 1 aliphatic carbocycles. The van der Waals surface area contributed by atoms with E-state index in [9.17, 15) is 14.4 Å². The molecule has 5 rings (SSSR count). The third-order valence-corrected chi connectivity index (χ3v) is 6.58. The molecule has 0 radical (unpaired) electrons. The van der Waals surface area contributed by atoms with Crippen molar-refractivity contribution in [3.8, 4) is 0 Å². The van der Waals surface area contributed by atoms with E-state index in [1.807, 2.05) is 43.3 Å². The Morgan fingerprint density at radius 2 is 1.91 bits per heavy atom. The molecule has 180 valence electrons. The molecule has 2 aliphatic rings. The first-order chi connectivity index (χ1) is 16.9. The third kappa shape index (κ3) is 4.41. The van der Waals surface area contributed by atoms with Crippen molar-refractivity contribution in [1.29, 1.82) is 0 Å². The van der Waals surface area contributed by atoms with Gasteiger partial charge in [-0.05, 0) is 44.4 Å². The quantitative estimate of drug-likeness (QED) is 0.548. The second-order valence-electron chi connectivity index (χ2n) is 9.43. The number of hydrogen-bond acceptors (Lipinski definition) is 5. The van der Waals surface area contributed by atoms with Crippen molar-refractivity contribution in [2.75, 3.05) is 0 Å².